The maximum atomic E-state index is 12.2. The smallest absolute Gasteiger partial charge is 0.271 e. The van der Waals surface area contributed by atoms with Gasteiger partial charge in [0.2, 0.25) is 0 Å². The first-order valence-electron chi connectivity index (χ1n) is 7.74. The number of hydrogen-bond acceptors (Lipinski definition) is 3. The van der Waals surface area contributed by atoms with Gasteiger partial charge in [0, 0.05) is 31.9 Å². The Morgan fingerprint density at radius 1 is 1.33 bits per heavy atom. The number of nitrogens with zero attached hydrogens (tertiary/aromatic N) is 2. The third-order valence-corrected chi connectivity index (χ3v) is 3.82. The molecule has 6 nitrogen and oxygen atoms in total. The average Bonchev–Trinajstić information content (AvgIpc) is 3.21. The molecule has 0 saturated carbocycles. The Labute approximate surface area is 140 Å². The van der Waals surface area contributed by atoms with Crippen molar-refractivity contribution in [2.24, 2.45) is 7.05 Å². The fraction of sp³-hybridized carbons (Fsp3) is 0.222. The second kappa shape index (κ2) is 6.62. The Bertz CT molecular complexity index is 836. The van der Waals surface area contributed by atoms with Gasteiger partial charge in [0.1, 0.15) is 11.8 Å². The van der Waals surface area contributed by atoms with Gasteiger partial charge >= 0.3 is 0 Å². The molecule has 3 rings (SSSR count). The number of hydrogen-bond donors (Lipinski definition) is 2. The summed E-state index contributed by atoms with van der Waals surface area (Å²) < 4.78 is 7.76. The fourth-order valence-electron chi connectivity index (χ4n) is 2.52. The van der Waals surface area contributed by atoms with E-state index in [1.165, 1.54) is 0 Å². The van der Waals surface area contributed by atoms with E-state index in [1.54, 1.807) is 17.9 Å². The molecule has 2 aromatic heterocycles. The Kier molecular flexibility index (Phi) is 4.37. The van der Waals surface area contributed by atoms with Crippen molar-refractivity contribution < 1.29 is 9.53 Å². The van der Waals surface area contributed by atoms with Crippen molar-refractivity contribution >= 4 is 5.91 Å². The summed E-state index contributed by atoms with van der Waals surface area (Å²) in [6.45, 7) is 1.96. The van der Waals surface area contributed by atoms with E-state index in [0.717, 1.165) is 16.8 Å². The molecule has 0 fully saturated rings. The normalized spacial score (nSPS) is 12.0. The molecular weight excluding hydrogens is 304 g/mol. The summed E-state index contributed by atoms with van der Waals surface area (Å²) in [5.41, 5.74) is 3.13. The molecule has 6 heteroatoms. The zero-order valence-corrected chi connectivity index (χ0v) is 13.9. The minimum absolute atomic E-state index is 0.174. The zero-order valence-electron chi connectivity index (χ0n) is 13.9. The highest BCUT2D eigenvalue weighted by Gasteiger charge is 2.19. The summed E-state index contributed by atoms with van der Waals surface area (Å²) in [7, 11) is 3.44. The monoisotopic (exact) mass is 324 g/mol. The van der Waals surface area contributed by atoms with Gasteiger partial charge in [0.15, 0.2) is 5.75 Å². The van der Waals surface area contributed by atoms with Crippen LogP contribution in [0.2, 0.25) is 0 Å². The molecule has 0 spiro atoms. The summed E-state index contributed by atoms with van der Waals surface area (Å²) in [6.07, 6.45) is 3.44. The van der Waals surface area contributed by atoms with Gasteiger partial charge < -0.3 is 15.0 Å². The van der Waals surface area contributed by atoms with Crippen LogP contribution in [-0.2, 0) is 7.05 Å². The second-order valence-electron chi connectivity index (χ2n) is 5.57. The quantitative estimate of drug-likeness (QED) is 0.758. The van der Waals surface area contributed by atoms with E-state index in [9.17, 15) is 4.79 Å². The number of rotatable bonds is 5. The zero-order chi connectivity index (χ0) is 17.1. The molecule has 3 aromatic rings. The first-order chi connectivity index (χ1) is 11.6. The molecule has 1 amide bonds. The SMILES string of the molecule is CNC(=O)c1[nH]c(-c2cnn(C)c2)cc1O[C@H](C)c1ccccc1. The van der Waals surface area contributed by atoms with Crippen molar-refractivity contribution in [1.29, 1.82) is 0 Å². The van der Waals surface area contributed by atoms with E-state index in [2.05, 4.69) is 15.4 Å². The molecule has 24 heavy (non-hydrogen) atoms. The highest BCUT2D eigenvalue weighted by molar-refractivity contribution is 5.96. The lowest BCUT2D eigenvalue weighted by molar-refractivity contribution is 0.0952. The maximum absolute atomic E-state index is 12.2. The third kappa shape index (κ3) is 3.17. The van der Waals surface area contributed by atoms with Gasteiger partial charge in [0.25, 0.3) is 5.91 Å². The van der Waals surface area contributed by atoms with Gasteiger partial charge in [-0.1, -0.05) is 30.3 Å². The molecular formula is C18H20N4O2. The topological polar surface area (TPSA) is 71.9 Å². The van der Waals surface area contributed by atoms with Crippen LogP contribution in [0.5, 0.6) is 5.75 Å². The van der Waals surface area contributed by atoms with Gasteiger partial charge in [-0.25, -0.2) is 0 Å². The summed E-state index contributed by atoms with van der Waals surface area (Å²) in [4.78, 5) is 15.3. The summed E-state index contributed by atoms with van der Waals surface area (Å²) >= 11 is 0. The van der Waals surface area contributed by atoms with Crippen LogP contribution in [0.1, 0.15) is 29.1 Å². The van der Waals surface area contributed by atoms with Gasteiger partial charge in [-0.3, -0.25) is 9.48 Å². The minimum Gasteiger partial charge on any atom is -0.484 e. The van der Waals surface area contributed by atoms with Crippen LogP contribution in [0, 0.1) is 0 Å². The number of aryl methyl sites for hydroxylation is 1. The molecule has 2 heterocycles. The van der Waals surface area contributed by atoms with Gasteiger partial charge in [-0.2, -0.15) is 5.10 Å². The number of aromatic nitrogens is 3. The summed E-state index contributed by atoms with van der Waals surface area (Å²) in [5.74, 6) is 0.296. The maximum Gasteiger partial charge on any atom is 0.271 e. The lowest BCUT2D eigenvalue weighted by Crippen LogP contribution is -2.19. The van der Waals surface area contributed by atoms with Crippen molar-refractivity contribution in [3.05, 3.63) is 60.0 Å². The lowest BCUT2D eigenvalue weighted by atomic mass is 10.1. The molecule has 0 bridgehead atoms. The van der Waals surface area contributed by atoms with Crippen molar-refractivity contribution in [3.8, 4) is 17.0 Å². The first kappa shape index (κ1) is 15.9. The number of ether oxygens (including phenoxy) is 1. The Balaban J connectivity index is 1.93. The number of benzene rings is 1. The fourth-order valence-corrected chi connectivity index (χ4v) is 2.52. The Hall–Kier alpha value is -3.02. The van der Waals surface area contributed by atoms with Gasteiger partial charge in [0.05, 0.1) is 11.9 Å². The Morgan fingerprint density at radius 3 is 2.71 bits per heavy atom. The van der Waals surface area contributed by atoms with Crippen molar-refractivity contribution in [3.63, 3.8) is 0 Å². The van der Waals surface area contributed by atoms with Gasteiger partial charge in [-0.05, 0) is 12.5 Å². The van der Waals surface area contributed by atoms with Crippen LogP contribution < -0.4 is 10.1 Å². The number of carbonyl (C=O) groups is 1. The first-order valence-corrected chi connectivity index (χ1v) is 7.74. The van der Waals surface area contributed by atoms with Crippen LogP contribution in [0.4, 0.5) is 0 Å². The molecule has 0 aliphatic carbocycles. The average molecular weight is 324 g/mol. The molecule has 0 aliphatic heterocycles. The molecule has 0 radical (unpaired) electrons. The van der Waals surface area contributed by atoms with Gasteiger partial charge in [-0.15, -0.1) is 0 Å². The highest BCUT2D eigenvalue weighted by atomic mass is 16.5. The summed E-state index contributed by atoms with van der Waals surface area (Å²) in [5, 5.41) is 6.79. The number of nitrogens with one attached hydrogen (secondary N) is 2. The largest absolute Gasteiger partial charge is 0.484 e. The van der Waals surface area contributed by atoms with Crippen LogP contribution in [-0.4, -0.2) is 27.7 Å². The van der Waals surface area contributed by atoms with E-state index in [-0.39, 0.29) is 12.0 Å². The van der Waals surface area contributed by atoms with E-state index in [1.807, 2.05) is 56.6 Å². The van der Waals surface area contributed by atoms with E-state index in [4.69, 9.17) is 4.74 Å². The molecule has 124 valence electrons. The van der Waals surface area contributed by atoms with E-state index < -0.39 is 0 Å². The van der Waals surface area contributed by atoms with Crippen molar-refractivity contribution in [2.75, 3.05) is 7.05 Å². The molecule has 1 atom stereocenters. The van der Waals surface area contributed by atoms with E-state index >= 15 is 0 Å². The van der Waals surface area contributed by atoms with E-state index in [0.29, 0.717) is 11.4 Å². The highest BCUT2D eigenvalue weighted by Crippen LogP contribution is 2.30. The van der Waals surface area contributed by atoms with Crippen LogP contribution in [0.25, 0.3) is 11.3 Å². The molecule has 0 saturated heterocycles. The van der Waals surface area contributed by atoms with Crippen LogP contribution in [0.3, 0.4) is 0 Å². The molecule has 2 N–H and O–H groups in total. The molecule has 1 aromatic carbocycles. The van der Waals surface area contributed by atoms with Crippen LogP contribution >= 0.6 is 0 Å². The number of amides is 1. The predicted molar refractivity (Wildman–Crippen MR) is 91.9 cm³/mol. The second-order valence-corrected chi connectivity index (χ2v) is 5.57. The van der Waals surface area contributed by atoms with Crippen LogP contribution in [0.15, 0.2) is 48.8 Å². The van der Waals surface area contributed by atoms with Crippen molar-refractivity contribution in [1.82, 2.24) is 20.1 Å². The predicted octanol–water partition coefficient (Wildman–Crippen LogP) is 2.91. The lowest BCUT2D eigenvalue weighted by Gasteiger charge is -2.14. The number of H-pyrrole nitrogens is 1. The number of aromatic amines is 1. The third-order valence-electron chi connectivity index (χ3n) is 3.82. The molecule has 0 aliphatic rings. The Morgan fingerprint density at radius 2 is 2.08 bits per heavy atom. The number of carbonyl (C=O) groups excluding carboxylic acids is 1. The minimum atomic E-state index is -0.222. The standard InChI is InChI=1S/C18H20N4O2/c1-12(13-7-5-4-6-8-13)24-16-9-15(14-10-20-22(3)11-14)21-17(16)18(23)19-2/h4-12,21H,1-3H3,(H,19,23)/t12-/m1/s1. The van der Waals surface area contributed by atoms with Crippen molar-refractivity contribution in [2.45, 2.75) is 13.0 Å². The summed E-state index contributed by atoms with van der Waals surface area (Å²) in [6, 6.07) is 11.7. The molecule has 0 unspecified atom stereocenters.